The first kappa shape index (κ1) is 17.0. The first-order valence-electron chi connectivity index (χ1n) is 7.54. The van der Waals surface area contributed by atoms with Crippen molar-refractivity contribution in [3.63, 3.8) is 0 Å². The van der Waals surface area contributed by atoms with Gasteiger partial charge < -0.3 is 13.9 Å². The van der Waals surface area contributed by atoms with Gasteiger partial charge in [0, 0.05) is 10.6 Å². The van der Waals surface area contributed by atoms with Crippen LogP contribution in [0.3, 0.4) is 0 Å². The van der Waals surface area contributed by atoms with Crippen LogP contribution in [0.4, 0.5) is 0 Å². The second-order valence-corrected chi connectivity index (χ2v) is 5.63. The Morgan fingerprint density at radius 2 is 1.96 bits per heavy atom. The summed E-state index contributed by atoms with van der Waals surface area (Å²) in [7, 11) is 0. The SMILES string of the molecule is Cc1cc(OCC(=O)OCc2nnc(-c3ccccc3)o2)ccc1Cl. The van der Waals surface area contributed by atoms with Crippen LogP contribution in [0.1, 0.15) is 11.5 Å². The fourth-order valence-electron chi connectivity index (χ4n) is 2.04. The summed E-state index contributed by atoms with van der Waals surface area (Å²) < 4.78 is 15.9. The Morgan fingerprint density at radius 3 is 2.72 bits per heavy atom. The van der Waals surface area contributed by atoms with Crippen molar-refractivity contribution in [1.29, 1.82) is 0 Å². The van der Waals surface area contributed by atoms with Crippen molar-refractivity contribution in [2.24, 2.45) is 0 Å². The monoisotopic (exact) mass is 358 g/mol. The lowest BCUT2D eigenvalue weighted by Gasteiger charge is -2.07. The third-order valence-corrected chi connectivity index (χ3v) is 3.75. The van der Waals surface area contributed by atoms with E-state index in [2.05, 4.69) is 10.2 Å². The molecule has 0 aliphatic carbocycles. The molecule has 0 spiro atoms. The van der Waals surface area contributed by atoms with E-state index >= 15 is 0 Å². The minimum atomic E-state index is -0.535. The number of aryl methyl sites for hydroxylation is 1. The molecule has 0 atom stereocenters. The molecule has 1 aromatic heterocycles. The number of benzene rings is 2. The van der Waals surface area contributed by atoms with Gasteiger partial charge in [0.1, 0.15) is 5.75 Å². The predicted molar refractivity (Wildman–Crippen MR) is 91.2 cm³/mol. The Balaban J connectivity index is 1.49. The van der Waals surface area contributed by atoms with Gasteiger partial charge in [0.05, 0.1) is 0 Å². The molecule has 6 nitrogen and oxygen atoms in total. The van der Waals surface area contributed by atoms with Crippen LogP contribution in [0.5, 0.6) is 5.75 Å². The molecule has 1 heterocycles. The van der Waals surface area contributed by atoms with Gasteiger partial charge in [-0.25, -0.2) is 4.79 Å². The minimum Gasteiger partial charge on any atom is -0.482 e. The maximum atomic E-state index is 11.8. The molecule has 128 valence electrons. The molecule has 3 rings (SSSR count). The van der Waals surface area contributed by atoms with E-state index < -0.39 is 5.97 Å². The van der Waals surface area contributed by atoms with Gasteiger partial charge in [-0.1, -0.05) is 29.8 Å². The lowest BCUT2D eigenvalue weighted by Crippen LogP contribution is -2.14. The van der Waals surface area contributed by atoms with Gasteiger partial charge in [-0.2, -0.15) is 0 Å². The Bertz CT molecular complexity index is 865. The quantitative estimate of drug-likeness (QED) is 0.623. The Kier molecular flexibility index (Phi) is 5.30. The molecule has 0 saturated heterocycles. The van der Waals surface area contributed by atoms with E-state index in [4.69, 9.17) is 25.5 Å². The second kappa shape index (κ2) is 7.81. The Hall–Kier alpha value is -2.86. The molecule has 0 unspecified atom stereocenters. The zero-order valence-electron chi connectivity index (χ0n) is 13.4. The van der Waals surface area contributed by atoms with E-state index in [-0.39, 0.29) is 19.1 Å². The lowest BCUT2D eigenvalue weighted by molar-refractivity contribution is -0.148. The van der Waals surface area contributed by atoms with E-state index in [0.29, 0.717) is 16.7 Å². The normalized spacial score (nSPS) is 10.5. The molecule has 0 fully saturated rings. The zero-order chi connectivity index (χ0) is 17.6. The predicted octanol–water partition coefficient (Wildman–Crippen LogP) is 3.82. The highest BCUT2D eigenvalue weighted by Crippen LogP contribution is 2.21. The van der Waals surface area contributed by atoms with Crippen LogP contribution in [-0.2, 0) is 16.1 Å². The maximum Gasteiger partial charge on any atom is 0.344 e. The maximum absolute atomic E-state index is 11.8. The number of ether oxygens (including phenoxy) is 2. The van der Waals surface area contributed by atoms with Crippen LogP contribution in [0.2, 0.25) is 5.02 Å². The second-order valence-electron chi connectivity index (χ2n) is 5.23. The largest absolute Gasteiger partial charge is 0.482 e. The van der Waals surface area contributed by atoms with Gasteiger partial charge in [-0.3, -0.25) is 0 Å². The zero-order valence-corrected chi connectivity index (χ0v) is 14.2. The molecule has 0 aliphatic rings. The average molecular weight is 359 g/mol. The number of carbonyl (C=O) groups excluding carboxylic acids is 1. The smallest absolute Gasteiger partial charge is 0.344 e. The van der Waals surface area contributed by atoms with Crippen molar-refractivity contribution in [3.05, 3.63) is 65.0 Å². The van der Waals surface area contributed by atoms with Gasteiger partial charge >= 0.3 is 5.97 Å². The topological polar surface area (TPSA) is 74.5 Å². The van der Waals surface area contributed by atoms with Crippen molar-refractivity contribution >= 4 is 17.6 Å². The highest BCUT2D eigenvalue weighted by Gasteiger charge is 2.11. The summed E-state index contributed by atoms with van der Waals surface area (Å²) in [4.78, 5) is 11.8. The van der Waals surface area contributed by atoms with Crippen LogP contribution in [0.25, 0.3) is 11.5 Å². The van der Waals surface area contributed by atoms with E-state index in [9.17, 15) is 4.79 Å². The van der Waals surface area contributed by atoms with Gasteiger partial charge in [0.25, 0.3) is 5.89 Å². The third-order valence-electron chi connectivity index (χ3n) is 3.33. The molecule has 25 heavy (non-hydrogen) atoms. The van der Waals surface area contributed by atoms with Gasteiger partial charge in [0.15, 0.2) is 13.2 Å². The van der Waals surface area contributed by atoms with Crippen molar-refractivity contribution in [2.75, 3.05) is 6.61 Å². The van der Waals surface area contributed by atoms with Crippen LogP contribution in [0, 0.1) is 6.92 Å². The summed E-state index contributed by atoms with van der Waals surface area (Å²) in [6.45, 7) is 1.52. The average Bonchev–Trinajstić information content (AvgIpc) is 3.11. The number of aromatic nitrogens is 2. The van der Waals surface area contributed by atoms with E-state index in [1.165, 1.54) is 0 Å². The number of nitrogens with zero attached hydrogens (tertiary/aromatic N) is 2. The van der Waals surface area contributed by atoms with E-state index in [0.717, 1.165) is 11.1 Å². The Morgan fingerprint density at radius 1 is 1.16 bits per heavy atom. The van der Waals surface area contributed by atoms with Gasteiger partial charge in [0.2, 0.25) is 5.89 Å². The number of hydrogen-bond donors (Lipinski definition) is 0. The minimum absolute atomic E-state index is 0.109. The van der Waals surface area contributed by atoms with Crippen LogP contribution >= 0.6 is 11.6 Å². The van der Waals surface area contributed by atoms with Crippen molar-refractivity contribution in [2.45, 2.75) is 13.5 Å². The molecule has 0 N–H and O–H groups in total. The standard InChI is InChI=1S/C18H15ClN2O4/c1-12-9-14(7-8-15(12)19)23-11-17(22)24-10-16-20-21-18(25-16)13-5-3-2-4-6-13/h2-9H,10-11H2,1H3. The molecule has 3 aromatic rings. The fourth-order valence-corrected chi connectivity index (χ4v) is 2.16. The van der Waals surface area contributed by atoms with Gasteiger partial charge in [-0.15, -0.1) is 10.2 Å². The van der Waals surface area contributed by atoms with Gasteiger partial charge in [-0.05, 0) is 42.8 Å². The number of esters is 1. The Labute approximate surface area is 149 Å². The molecule has 0 amide bonds. The van der Waals surface area contributed by atoms with E-state index in [1.807, 2.05) is 37.3 Å². The summed E-state index contributed by atoms with van der Waals surface area (Å²) in [5.74, 6) is 0.601. The third kappa shape index (κ3) is 4.58. The molecule has 0 aliphatic heterocycles. The summed E-state index contributed by atoms with van der Waals surface area (Å²) in [5.41, 5.74) is 1.67. The summed E-state index contributed by atoms with van der Waals surface area (Å²) in [6, 6.07) is 14.5. The van der Waals surface area contributed by atoms with E-state index in [1.54, 1.807) is 18.2 Å². The van der Waals surface area contributed by atoms with Crippen LogP contribution in [-0.4, -0.2) is 22.8 Å². The van der Waals surface area contributed by atoms with Crippen LogP contribution < -0.4 is 4.74 Å². The summed E-state index contributed by atoms with van der Waals surface area (Å²) in [6.07, 6.45) is 0. The molecular formula is C18H15ClN2O4. The number of carbonyl (C=O) groups is 1. The van der Waals surface area contributed by atoms with Crippen molar-refractivity contribution in [3.8, 4) is 17.2 Å². The lowest BCUT2D eigenvalue weighted by atomic mass is 10.2. The fraction of sp³-hybridized carbons (Fsp3) is 0.167. The number of rotatable bonds is 6. The molecule has 2 aromatic carbocycles. The summed E-state index contributed by atoms with van der Waals surface area (Å²) in [5, 5.41) is 8.42. The first-order valence-corrected chi connectivity index (χ1v) is 7.92. The number of hydrogen-bond acceptors (Lipinski definition) is 6. The van der Waals surface area contributed by atoms with Crippen molar-refractivity contribution < 1.29 is 18.7 Å². The van der Waals surface area contributed by atoms with Crippen molar-refractivity contribution in [1.82, 2.24) is 10.2 Å². The highest BCUT2D eigenvalue weighted by molar-refractivity contribution is 6.31. The highest BCUT2D eigenvalue weighted by atomic mass is 35.5. The molecular weight excluding hydrogens is 344 g/mol. The molecule has 0 radical (unpaired) electrons. The molecule has 0 saturated carbocycles. The molecule has 7 heteroatoms. The number of halogens is 1. The summed E-state index contributed by atoms with van der Waals surface area (Å²) >= 11 is 5.94. The van der Waals surface area contributed by atoms with Crippen LogP contribution in [0.15, 0.2) is 52.9 Å². The first-order chi connectivity index (χ1) is 12.1. The molecule has 0 bridgehead atoms.